The minimum absolute atomic E-state index is 0.169. The molecule has 0 bridgehead atoms. The first-order valence-corrected chi connectivity index (χ1v) is 7.89. The summed E-state index contributed by atoms with van der Waals surface area (Å²) in [4.78, 5) is 28.1. The van der Waals surface area contributed by atoms with Crippen LogP contribution in [0.4, 0.5) is 0 Å². The number of halogens is 2. The molecule has 0 atom stereocenters. The van der Waals surface area contributed by atoms with Crippen LogP contribution < -0.4 is 0 Å². The predicted octanol–water partition coefficient (Wildman–Crippen LogP) is 3.18. The van der Waals surface area contributed by atoms with Gasteiger partial charge in [-0.1, -0.05) is 29.3 Å². The Balaban J connectivity index is 1.67. The van der Waals surface area contributed by atoms with E-state index < -0.39 is 0 Å². The van der Waals surface area contributed by atoms with E-state index in [2.05, 4.69) is 0 Å². The van der Waals surface area contributed by atoms with Crippen LogP contribution in [0.1, 0.15) is 20.9 Å². The van der Waals surface area contributed by atoms with E-state index in [1.807, 2.05) is 0 Å². The molecule has 0 N–H and O–H groups in total. The van der Waals surface area contributed by atoms with E-state index in [1.54, 1.807) is 40.1 Å². The van der Waals surface area contributed by atoms with Gasteiger partial charge in [0.25, 0.3) is 11.8 Å². The molecule has 23 heavy (non-hydrogen) atoms. The molecule has 1 aliphatic rings. The fraction of sp³-hybridized carbons (Fsp3) is 0.250. The number of hydrogen-bond donors (Lipinski definition) is 0. The number of benzene rings is 1. The highest BCUT2D eigenvalue weighted by Gasteiger charge is 2.28. The number of amides is 2. The van der Waals surface area contributed by atoms with Crippen molar-refractivity contribution in [2.45, 2.75) is 0 Å². The number of hydrogen-bond acceptors (Lipinski definition) is 3. The normalized spacial score (nSPS) is 14.9. The van der Waals surface area contributed by atoms with Crippen LogP contribution in [0, 0.1) is 0 Å². The molecule has 1 saturated heterocycles. The third kappa shape index (κ3) is 3.21. The summed E-state index contributed by atoms with van der Waals surface area (Å²) < 4.78 is 5.12. The molecule has 3 rings (SSSR count). The van der Waals surface area contributed by atoms with Crippen LogP contribution in [-0.4, -0.2) is 47.8 Å². The molecule has 2 heterocycles. The third-order valence-corrected chi connectivity index (χ3v) is 4.39. The second-order valence-corrected chi connectivity index (χ2v) is 5.97. The topological polar surface area (TPSA) is 53.8 Å². The lowest BCUT2D eigenvalue weighted by Crippen LogP contribution is -2.50. The Morgan fingerprint density at radius 1 is 0.870 bits per heavy atom. The van der Waals surface area contributed by atoms with Crippen molar-refractivity contribution < 1.29 is 14.0 Å². The Bertz CT molecular complexity index is 703. The van der Waals surface area contributed by atoms with Crippen molar-refractivity contribution in [2.24, 2.45) is 0 Å². The lowest BCUT2D eigenvalue weighted by molar-refractivity contribution is 0.0518. The Morgan fingerprint density at radius 3 is 1.96 bits per heavy atom. The molecule has 0 aliphatic carbocycles. The van der Waals surface area contributed by atoms with Crippen molar-refractivity contribution in [3.05, 3.63) is 58.0 Å². The molecule has 0 radical (unpaired) electrons. The Kier molecular flexibility index (Phi) is 4.59. The summed E-state index contributed by atoms with van der Waals surface area (Å²) in [6, 6.07) is 8.27. The van der Waals surface area contributed by atoms with Crippen LogP contribution in [-0.2, 0) is 0 Å². The Labute approximate surface area is 143 Å². The molecular weight excluding hydrogens is 339 g/mol. The fourth-order valence-corrected chi connectivity index (χ4v) is 3.09. The highest BCUT2D eigenvalue weighted by Crippen LogP contribution is 2.26. The summed E-state index contributed by atoms with van der Waals surface area (Å²) >= 11 is 12.2. The smallest absolute Gasteiger partial charge is 0.289 e. The minimum atomic E-state index is -0.217. The van der Waals surface area contributed by atoms with E-state index in [-0.39, 0.29) is 11.8 Å². The van der Waals surface area contributed by atoms with Crippen molar-refractivity contribution in [1.82, 2.24) is 9.80 Å². The minimum Gasteiger partial charge on any atom is -0.459 e. The molecule has 0 spiro atoms. The third-order valence-electron chi connectivity index (χ3n) is 3.76. The summed E-state index contributed by atoms with van der Waals surface area (Å²) in [5, 5.41) is 0.660. The summed E-state index contributed by atoms with van der Waals surface area (Å²) in [6.07, 6.45) is 1.46. The zero-order chi connectivity index (χ0) is 16.4. The molecule has 120 valence electrons. The van der Waals surface area contributed by atoms with E-state index >= 15 is 0 Å². The van der Waals surface area contributed by atoms with Gasteiger partial charge in [0.2, 0.25) is 0 Å². The van der Waals surface area contributed by atoms with Crippen LogP contribution >= 0.6 is 23.2 Å². The van der Waals surface area contributed by atoms with Gasteiger partial charge in [-0.3, -0.25) is 9.59 Å². The van der Waals surface area contributed by atoms with Gasteiger partial charge in [0, 0.05) is 26.2 Å². The summed E-state index contributed by atoms with van der Waals surface area (Å²) in [5.74, 6) is -0.0810. The molecular formula is C16H14Cl2N2O3. The first kappa shape index (κ1) is 15.9. The molecule has 2 aromatic rings. The molecule has 0 unspecified atom stereocenters. The van der Waals surface area contributed by atoms with Gasteiger partial charge >= 0.3 is 0 Å². The standard InChI is InChI=1S/C16H14Cl2N2O3/c17-11-3-1-4-12(18)14(11)16(22)20-8-6-19(7-9-20)15(21)13-5-2-10-23-13/h1-5,10H,6-9H2. The van der Waals surface area contributed by atoms with Crippen LogP contribution in [0.2, 0.25) is 10.0 Å². The molecule has 0 saturated carbocycles. The van der Waals surface area contributed by atoms with Gasteiger partial charge < -0.3 is 14.2 Å². The molecule has 1 aliphatic heterocycles. The van der Waals surface area contributed by atoms with Crippen LogP contribution in [0.3, 0.4) is 0 Å². The van der Waals surface area contributed by atoms with Gasteiger partial charge in [-0.25, -0.2) is 0 Å². The van der Waals surface area contributed by atoms with Gasteiger partial charge in [0.05, 0.1) is 21.9 Å². The average Bonchev–Trinajstić information content (AvgIpc) is 3.08. The SMILES string of the molecule is O=C(c1ccco1)N1CCN(C(=O)c2c(Cl)cccc2Cl)CC1. The maximum absolute atomic E-state index is 12.6. The predicted molar refractivity (Wildman–Crippen MR) is 87.0 cm³/mol. The number of carbonyl (C=O) groups is 2. The van der Waals surface area contributed by atoms with E-state index in [0.29, 0.717) is 47.5 Å². The number of carbonyl (C=O) groups excluding carboxylic acids is 2. The van der Waals surface area contributed by atoms with Crippen LogP contribution in [0.15, 0.2) is 41.0 Å². The molecule has 1 fully saturated rings. The highest BCUT2D eigenvalue weighted by molar-refractivity contribution is 6.39. The lowest BCUT2D eigenvalue weighted by atomic mass is 10.1. The molecule has 1 aromatic heterocycles. The summed E-state index contributed by atoms with van der Waals surface area (Å²) in [5.41, 5.74) is 0.307. The zero-order valence-electron chi connectivity index (χ0n) is 12.2. The number of piperazine rings is 1. The van der Waals surface area contributed by atoms with Crippen molar-refractivity contribution in [3.63, 3.8) is 0 Å². The van der Waals surface area contributed by atoms with E-state index in [0.717, 1.165) is 0 Å². The largest absolute Gasteiger partial charge is 0.459 e. The molecule has 2 amide bonds. The zero-order valence-corrected chi connectivity index (χ0v) is 13.7. The summed E-state index contributed by atoms with van der Waals surface area (Å²) in [7, 11) is 0. The van der Waals surface area contributed by atoms with Crippen LogP contribution in [0.25, 0.3) is 0 Å². The van der Waals surface area contributed by atoms with Crippen molar-refractivity contribution in [3.8, 4) is 0 Å². The highest BCUT2D eigenvalue weighted by atomic mass is 35.5. The van der Waals surface area contributed by atoms with Crippen molar-refractivity contribution >= 4 is 35.0 Å². The van der Waals surface area contributed by atoms with Crippen molar-refractivity contribution in [2.75, 3.05) is 26.2 Å². The van der Waals surface area contributed by atoms with E-state index in [4.69, 9.17) is 27.6 Å². The van der Waals surface area contributed by atoms with Gasteiger partial charge in [-0.05, 0) is 24.3 Å². The monoisotopic (exact) mass is 352 g/mol. The van der Waals surface area contributed by atoms with Gasteiger partial charge in [-0.15, -0.1) is 0 Å². The number of rotatable bonds is 2. The summed E-state index contributed by atoms with van der Waals surface area (Å²) in [6.45, 7) is 1.72. The van der Waals surface area contributed by atoms with Gasteiger partial charge in [0.15, 0.2) is 5.76 Å². The maximum atomic E-state index is 12.6. The second kappa shape index (κ2) is 6.64. The van der Waals surface area contributed by atoms with Gasteiger partial charge in [-0.2, -0.15) is 0 Å². The molecule has 1 aromatic carbocycles. The first-order chi connectivity index (χ1) is 11.1. The van der Waals surface area contributed by atoms with Gasteiger partial charge in [0.1, 0.15) is 0 Å². The van der Waals surface area contributed by atoms with E-state index in [1.165, 1.54) is 6.26 Å². The van der Waals surface area contributed by atoms with Crippen molar-refractivity contribution in [1.29, 1.82) is 0 Å². The first-order valence-electron chi connectivity index (χ1n) is 7.14. The van der Waals surface area contributed by atoms with Crippen LogP contribution in [0.5, 0.6) is 0 Å². The lowest BCUT2D eigenvalue weighted by Gasteiger charge is -2.34. The number of furan rings is 1. The quantitative estimate of drug-likeness (QED) is 0.833. The number of nitrogens with zero attached hydrogens (tertiary/aromatic N) is 2. The Hall–Kier alpha value is -1.98. The molecule has 5 nitrogen and oxygen atoms in total. The molecule has 7 heteroatoms. The maximum Gasteiger partial charge on any atom is 0.289 e. The fourth-order valence-electron chi connectivity index (χ4n) is 2.53. The second-order valence-electron chi connectivity index (χ2n) is 5.16. The van der Waals surface area contributed by atoms with E-state index in [9.17, 15) is 9.59 Å². The average molecular weight is 353 g/mol. The Morgan fingerprint density at radius 2 is 1.43 bits per heavy atom.